The lowest BCUT2D eigenvalue weighted by Gasteiger charge is -2.16. The zero-order chi connectivity index (χ0) is 14.4. The van der Waals surface area contributed by atoms with Crippen LogP contribution in [0.25, 0.3) is 0 Å². The van der Waals surface area contributed by atoms with E-state index in [1.807, 2.05) is 13.0 Å². The molecule has 4 nitrogen and oxygen atoms in total. The molecule has 0 aliphatic rings. The van der Waals surface area contributed by atoms with Crippen molar-refractivity contribution in [3.63, 3.8) is 0 Å². The molecule has 1 aromatic carbocycles. The molecule has 0 saturated carbocycles. The lowest BCUT2D eigenvalue weighted by atomic mass is 10.1. The number of carbonyl (C=O) groups is 1. The first-order valence-corrected chi connectivity index (χ1v) is 6.22. The van der Waals surface area contributed by atoms with Gasteiger partial charge in [-0.15, -0.1) is 0 Å². The number of rotatable bonds is 6. The summed E-state index contributed by atoms with van der Waals surface area (Å²) < 4.78 is 18.4. The molecule has 0 radical (unpaired) electrons. The van der Waals surface area contributed by atoms with Gasteiger partial charge >= 0.3 is 0 Å². The molecule has 0 saturated heterocycles. The van der Waals surface area contributed by atoms with Crippen LogP contribution in [0.5, 0.6) is 5.75 Å². The molecule has 0 spiro atoms. The molecule has 1 amide bonds. The Morgan fingerprint density at radius 3 is 2.68 bits per heavy atom. The zero-order valence-corrected chi connectivity index (χ0v) is 11.9. The van der Waals surface area contributed by atoms with E-state index in [1.165, 1.54) is 13.2 Å². The highest BCUT2D eigenvalue weighted by Crippen LogP contribution is 2.21. The number of methoxy groups -OCH3 is 1. The summed E-state index contributed by atoms with van der Waals surface area (Å²) >= 11 is 0. The van der Waals surface area contributed by atoms with Gasteiger partial charge in [0.2, 0.25) is 5.91 Å². The van der Waals surface area contributed by atoms with Gasteiger partial charge in [-0.25, -0.2) is 4.39 Å². The summed E-state index contributed by atoms with van der Waals surface area (Å²) in [5.41, 5.74) is 0.829. The fourth-order valence-electron chi connectivity index (χ4n) is 1.69. The Hall–Kier alpha value is -1.62. The van der Waals surface area contributed by atoms with E-state index in [2.05, 4.69) is 5.32 Å². The van der Waals surface area contributed by atoms with Crippen LogP contribution in [-0.4, -0.2) is 38.6 Å². The number of halogens is 1. The number of benzene rings is 1. The van der Waals surface area contributed by atoms with Crippen LogP contribution < -0.4 is 10.1 Å². The van der Waals surface area contributed by atoms with Crippen molar-refractivity contribution in [1.82, 2.24) is 10.2 Å². The van der Waals surface area contributed by atoms with Gasteiger partial charge in [0.25, 0.3) is 0 Å². The highest BCUT2D eigenvalue weighted by molar-refractivity contribution is 5.75. The van der Waals surface area contributed by atoms with Crippen LogP contribution in [-0.2, 0) is 4.79 Å². The lowest BCUT2D eigenvalue weighted by molar-refractivity contribution is -0.128. The van der Waals surface area contributed by atoms with E-state index in [0.717, 1.165) is 5.56 Å². The molecular weight excluding hydrogens is 247 g/mol. The largest absolute Gasteiger partial charge is 0.494 e. The Kier molecular flexibility index (Phi) is 5.76. The number of amides is 1. The normalized spacial score (nSPS) is 12.1. The molecule has 0 aliphatic carbocycles. The minimum Gasteiger partial charge on any atom is -0.494 e. The second-order valence-electron chi connectivity index (χ2n) is 4.61. The van der Waals surface area contributed by atoms with Crippen molar-refractivity contribution in [3.8, 4) is 5.75 Å². The predicted octanol–water partition coefficient (Wildman–Crippen LogP) is 1.96. The minimum atomic E-state index is -0.377. The Morgan fingerprint density at radius 2 is 2.16 bits per heavy atom. The number of hydrogen-bond donors (Lipinski definition) is 1. The van der Waals surface area contributed by atoms with E-state index in [9.17, 15) is 9.18 Å². The van der Waals surface area contributed by atoms with Crippen molar-refractivity contribution in [2.45, 2.75) is 19.4 Å². The van der Waals surface area contributed by atoms with Crippen LogP contribution in [0.4, 0.5) is 4.39 Å². The average Bonchev–Trinajstić information content (AvgIpc) is 2.38. The molecule has 1 N–H and O–H groups in total. The summed E-state index contributed by atoms with van der Waals surface area (Å²) in [6.07, 6.45) is 0.427. The third-order valence-corrected chi connectivity index (χ3v) is 2.96. The quantitative estimate of drug-likeness (QED) is 0.857. The van der Waals surface area contributed by atoms with Crippen LogP contribution in [0.3, 0.4) is 0 Å². The molecule has 19 heavy (non-hydrogen) atoms. The third-order valence-electron chi connectivity index (χ3n) is 2.96. The Balaban J connectivity index is 2.52. The Morgan fingerprint density at radius 1 is 1.47 bits per heavy atom. The molecule has 1 rings (SSSR count). The van der Waals surface area contributed by atoms with Gasteiger partial charge in [0, 0.05) is 33.1 Å². The van der Waals surface area contributed by atoms with Crippen LogP contribution in [0, 0.1) is 5.82 Å². The molecule has 0 fully saturated rings. The first-order valence-electron chi connectivity index (χ1n) is 6.22. The average molecular weight is 268 g/mol. The zero-order valence-electron chi connectivity index (χ0n) is 11.9. The predicted molar refractivity (Wildman–Crippen MR) is 72.7 cm³/mol. The van der Waals surface area contributed by atoms with E-state index < -0.39 is 0 Å². The molecule has 0 aliphatic heterocycles. The number of hydrogen-bond acceptors (Lipinski definition) is 3. The molecule has 106 valence electrons. The van der Waals surface area contributed by atoms with Crippen molar-refractivity contribution < 1.29 is 13.9 Å². The van der Waals surface area contributed by atoms with Crippen LogP contribution in [0.1, 0.15) is 24.9 Å². The molecule has 1 atom stereocenters. The number of ether oxygens (including phenoxy) is 1. The summed E-state index contributed by atoms with van der Waals surface area (Å²) in [4.78, 5) is 13.0. The Labute approximate surface area is 113 Å². The maximum atomic E-state index is 13.6. The standard InChI is InChI=1S/C14H21FN2O2/c1-10(16-8-7-14(18)17(2)3)11-5-6-13(19-4)12(15)9-11/h5-6,9-10,16H,7-8H2,1-4H3. The summed E-state index contributed by atoms with van der Waals surface area (Å²) in [5.74, 6) is -0.0719. The fraction of sp³-hybridized carbons (Fsp3) is 0.500. The van der Waals surface area contributed by atoms with E-state index in [1.54, 1.807) is 25.1 Å². The van der Waals surface area contributed by atoms with Crippen molar-refractivity contribution in [1.29, 1.82) is 0 Å². The van der Waals surface area contributed by atoms with Gasteiger partial charge in [0.05, 0.1) is 7.11 Å². The van der Waals surface area contributed by atoms with E-state index in [-0.39, 0.29) is 23.5 Å². The lowest BCUT2D eigenvalue weighted by Crippen LogP contribution is -2.28. The smallest absolute Gasteiger partial charge is 0.223 e. The van der Waals surface area contributed by atoms with Gasteiger partial charge in [-0.2, -0.15) is 0 Å². The molecule has 0 heterocycles. The number of carbonyl (C=O) groups excluding carboxylic acids is 1. The minimum absolute atomic E-state index is 0.0182. The van der Waals surface area contributed by atoms with E-state index in [0.29, 0.717) is 13.0 Å². The van der Waals surface area contributed by atoms with Crippen molar-refractivity contribution >= 4 is 5.91 Å². The highest BCUT2D eigenvalue weighted by Gasteiger charge is 2.10. The summed E-state index contributed by atoms with van der Waals surface area (Å²) in [6, 6.07) is 4.85. The number of nitrogens with zero attached hydrogens (tertiary/aromatic N) is 1. The number of nitrogens with one attached hydrogen (secondary N) is 1. The van der Waals surface area contributed by atoms with Gasteiger partial charge in [0.1, 0.15) is 0 Å². The molecule has 0 aromatic heterocycles. The van der Waals surface area contributed by atoms with E-state index in [4.69, 9.17) is 4.74 Å². The van der Waals surface area contributed by atoms with Crippen LogP contribution in [0.2, 0.25) is 0 Å². The molecule has 1 unspecified atom stereocenters. The van der Waals surface area contributed by atoms with Gasteiger partial charge in [0.15, 0.2) is 11.6 Å². The second kappa shape index (κ2) is 7.09. The molecular formula is C14H21FN2O2. The SMILES string of the molecule is COc1ccc(C(C)NCCC(=O)N(C)C)cc1F. The maximum Gasteiger partial charge on any atom is 0.223 e. The Bertz CT molecular complexity index is 435. The molecule has 1 aromatic rings. The van der Waals surface area contributed by atoms with E-state index >= 15 is 0 Å². The maximum absolute atomic E-state index is 13.6. The topological polar surface area (TPSA) is 41.6 Å². The third kappa shape index (κ3) is 4.52. The first-order chi connectivity index (χ1) is 8.95. The first kappa shape index (κ1) is 15.4. The molecule has 5 heteroatoms. The van der Waals surface area contributed by atoms with Gasteiger partial charge < -0.3 is 15.0 Å². The van der Waals surface area contributed by atoms with Crippen molar-refractivity contribution in [2.24, 2.45) is 0 Å². The summed E-state index contributed by atoms with van der Waals surface area (Å²) in [7, 11) is 4.89. The molecule has 0 bridgehead atoms. The van der Waals surface area contributed by atoms with Crippen LogP contribution >= 0.6 is 0 Å². The second-order valence-corrected chi connectivity index (χ2v) is 4.61. The van der Waals surface area contributed by atoms with Gasteiger partial charge in [-0.05, 0) is 24.6 Å². The fourth-order valence-corrected chi connectivity index (χ4v) is 1.69. The van der Waals surface area contributed by atoms with Crippen molar-refractivity contribution in [2.75, 3.05) is 27.7 Å². The highest BCUT2D eigenvalue weighted by atomic mass is 19.1. The summed E-state index contributed by atoms with van der Waals surface area (Å²) in [5, 5.41) is 3.19. The van der Waals surface area contributed by atoms with Crippen LogP contribution in [0.15, 0.2) is 18.2 Å². The van der Waals surface area contributed by atoms with Crippen molar-refractivity contribution in [3.05, 3.63) is 29.6 Å². The summed E-state index contributed by atoms with van der Waals surface area (Å²) in [6.45, 7) is 2.49. The van der Waals surface area contributed by atoms with Gasteiger partial charge in [-0.1, -0.05) is 6.07 Å². The monoisotopic (exact) mass is 268 g/mol. The van der Waals surface area contributed by atoms with Gasteiger partial charge in [-0.3, -0.25) is 4.79 Å².